The van der Waals surface area contributed by atoms with Crippen LogP contribution in [0.3, 0.4) is 0 Å². The molecule has 0 spiro atoms. The number of aliphatic hydroxyl groups is 1. The maximum Gasteiger partial charge on any atom is 0.326 e. The lowest BCUT2D eigenvalue weighted by Gasteiger charge is -2.23. The summed E-state index contributed by atoms with van der Waals surface area (Å²) < 4.78 is 0. The molecule has 0 aromatic carbocycles. The highest BCUT2D eigenvalue weighted by molar-refractivity contribution is 7.59. The number of carbonyl (C=O) groups is 5. The van der Waals surface area contributed by atoms with E-state index in [1.54, 1.807) is 13.8 Å². The van der Waals surface area contributed by atoms with Gasteiger partial charge in [0, 0.05) is 12.5 Å². The first-order valence-electron chi connectivity index (χ1n) is 14.6. The van der Waals surface area contributed by atoms with Crippen LogP contribution in [-0.2, 0) is 24.0 Å². The highest BCUT2D eigenvalue weighted by atomic mass is 31.1. The second kappa shape index (κ2) is 23.1. The van der Waals surface area contributed by atoms with Crippen molar-refractivity contribution in [2.75, 3.05) is 38.9 Å². The van der Waals surface area contributed by atoms with Gasteiger partial charge in [-0.15, -0.1) is 0 Å². The van der Waals surface area contributed by atoms with Gasteiger partial charge in [-0.25, -0.2) is 4.79 Å². The molecule has 5 unspecified atom stereocenters. The Morgan fingerprint density at radius 1 is 0.881 bits per heavy atom. The molecular formula is C28H53N6O7P. The monoisotopic (exact) mass is 616 g/mol. The minimum Gasteiger partial charge on any atom is -0.480 e. The number of hydrogen-bond donors (Lipinski definition) is 8. The number of amides is 3. The third-order valence-corrected chi connectivity index (χ3v) is 7.93. The van der Waals surface area contributed by atoms with Crippen LogP contribution in [0.25, 0.3) is 0 Å². The van der Waals surface area contributed by atoms with Gasteiger partial charge >= 0.3 is 5.97 Å². The predicted molar refractivity (Wildman–Crippen MR) is 165 cm³/mol. The molecule has 0 bridgehead atoms. The molecule has 0 rings (SSSR count). The Morgan fingerprint density at radius 2 is 1.48 bits per heavy atom. The van der Waals surface area contributed by atoms with Crippen LogP contribution in [0, 0.1) is 11.8 Å². The molecule has 14 heteroatoms. The largest absolute Gasteiger partial charge is 0.480 e. The summed E-state index contributed by atoms with van der Waals surface area (Å²) >= 11 is 0. The van der Waals surface area contributed by atoms with E-state index in [4.69, 9.17) is 11.5 Å². The van der Waals surface area contributed by atoms with E-state index >= 15 is 0 Å². The number of aliphatic carboxylic acids is 1. The van der Waals surface area contributed by atoms with Gasteiger partial charge < -0.3 is 42.9 Å². The summed E-state index contributed by atoms with van der Waals surface area (Å²) in [5, 5.41) is 29.6. The van der Waals surface area contributed by atoms with E-state index in [1.165, 1.54) is 0 Å². The second-order valence-electron chi connectivity index (χ2n) is 10.8. The minimum atomic E-state index is -1.16. The van der Waals surface area contributed by atoms with E-state index < -0.39 is 48.4 Å². The zero-order chi connectivity index (χ0) is 32.1. The van der Waals surface area contributed by atoms with Gasteiger partial charge in [-0.1, -0.05) is 45.3 Å². The number of aliphatic hydroxyl groups excluding tert-OH is 1. The highest BCUT2D eigenvalue weighted by Gasteiger charge is 2.27. The van der Waals surface area contributed by atoms with E-state index in [0.29, 0.717) is 32.5 Å². The zero-order valence-electron chi connectivity index (χ0n) is 25.4. The van der Waals surface area contributed by atoms with Gasteiger partial charge in [0.1, 0.15) is 12.1 Å². The van der Waals surface area contributed by atoms with E-state index in [1.807, 2.05) is 6.92 Å². The predicted octanol–water partition coefficient (Wildman–Crippen LogP) is -0.191. The first kappa shape index (κ1) is 39.6. The lowest BCUT2D eigenvalue weighted by molar-refractivity contribution is -0.142. The van der Waals surface area contributed by atoms with Crippen molar-refractivity contribution >= 4 is 37.8 Å². The van der Waals surface area contributed by atoms with E-state index in [0.717, 1.165) is 31.3 Å². The Kier molecular flexibility index (Phi) is 21.7. The summed E-state index contributed by atoms with van der Waals surface area (Å²) in [5.41, 5.74) is 11.7. The van der Waals surface area contributed by atoms with Crippen molar-refractivity contribution in [2.45, 2.75) is 83.8 Å². The van der Waals surface area contributed by atoms with E-state index in [-0.39, 0.29) is 45.1 Å². The van der Waals surface area contributed by atoms with Crippen molar-refractivity contribution in [3.63, 3.8) is 0 Å². The van der Waals surface area contributed by atoms with Crippen LogP contribution in [0.15, 0.2) is 12.2 Å². The van der Waals surface area contributed by atoms with Crippen molar-refractivity contribution in [3.8, 4) is 0 Å². The van der Waals surface area contributed by atoms with Crippen LogP contribution >= 0.6 is 8.58 Å². The Morgan fingerprint density at radius 3 is 2.02 bits per heavy atom. The average molecular weight is 617 g/mol. The summed E-state index contributed by atoms with van der Waals surface area (Å²) in [4.78, 5) is 62.2. The Bertz CT molecular complexity index is 874. The second-order valence-corrected chi connectivity index (χ2v) is 12.0. The van der Waals surface area contributed by atoms with Gasteiger partial charge in [-0.2, -0.15) is 0 Å². The molecule has 0 aliphatic carbocycles. The maximum absolute atomic E-state index is 13.0. The summed E-state index contributed by atoms with van der Waals surface area (Å²) in [6.45, 7) is 10.0. The quantitative estimate of drug-likeness (QED) is 0.0383. The highest BCUT2D eigenvalue weighted by Crippen LogP contribution is 2.18. The molecule has 242 valence electrons. The minimum absolute atomic E-state index is 0.0908. The topological polar surface area (TPSA) is 226 Å². The summed E-state index contributed by atoms with van der Waals surface area (Å²) in [5.74, 6) is -3.38. The van der Waals surface area contributed by atoms with Crippen molar-refractivity contribution in [1.82, 2.24) is 21.3 Å². The number of hydrogen-bond acceptors (Lipinski definition) is 9. The first-order chi connectivity index (χ1) is 19.9. The smallest absolute Gasteiger partial charge is 0.326 e. The van der Waals surface area contributed by atoms with Gasteiger partial charge in [0.25, 0.3) is 0 Å². The van der Waals surface area contributed by atoms with E-state index in [2.05, 4.69) is 27.8 Å². The molecule has 0 aliphatic heterocycles. The third kappa shape index (κ3) is 17.5. The van der Waals surface area contributed by atoms with Gasteiger partial charge in [-0.3, -0.25) is 19.2 Å². The lowest BCUT2D eigenvalue weighted by atomic mass is 10.0. The SMILES string of the molecule is C=C(C)C(CO)CNC(CCCCN)C(=O)PCC(=O)NC(C(=O)NCC(=O)NC(CCCCCN)C(=O)O)C(C)C. The molecule has 5 atom stereocenters. The molecule has 0 radical (unpaired) electrons. The number of unbranched alkanes of at least 4 members (excludes halogenated alkanes) is 3. The normalized spacial score (nSPS) is 14.3. The Balaban J connectivity index is 4.94. The summed E-state index contributed by atoms with van der Waals surface area (Å²) in [7, 11) is -0.334. The molecule has 0 saturated carbocycles. The molecule has 13 nitrogen and oxygen atoms in total. The number of rotatable bonds is 25. The number of nitrogens with two attached hydrogens (primary N) is 2. The van der Waals surface area contributed by atoms with Crippen LogP contribution in [0.5, 0.6) is 0 Å². The van der Waals surface area contributed by atoms with Crippen molar-refractivity contribution in [2.24, 2.45) is 23.3 Å². The van der Waals surface area contributed by atoms with Crippen LogP contribution < -0.4 is 32.7 Å². The van der Waals surface area contributed by atoms with Gasteiger partial charge in [0.05, 0.1) is 25.4 Å². The fraction of sp³-hybridized carbons (Fsp3) is 0.750. The third-order valence-electron chi connectivity index (χ3n) is 6.73. The van der Waals surface area contributed by atoms with Crippen LogP contribution in [0.2, 0.25) is 0 Å². The fourth-order valence-electron chi connectivity index (χ4n) is 4.00. The first-order valence-corrected chi connectivity index (χ1v) is 15.8. The lowest BCUT2D eigenvalue weighted by Crippen LogP contribution is -2.53. The zero-order valence-corrected chi connectivity index (χ0v) is 26.4. The van der Waals surface area contributed by atoms with Crippen molar-refractivity contribution < 1.29 is 34.2 Å². The molecule has 0 heterocycles. The van der Waals surface area contributed by atoms with Crippen LogP contribution in [0.1, 0.15) is 65.7 Å². The number of carboxylic acid groups (broad SMARTS) is 1. The number of nitrogens with one attached hydrogen (secondary N) is 4. The molecule has 42 heavy (non-hydrogen) atoms. The molecular weight excluding hydrogens is 563 g/mol. The van der Waals surface area contributed by atoms with Gasteiger partial charge in [0.15, 0.2) is 5.52 Å². The van der Waals surface area contributed by atoms with Gasteiger partial charge in [-0.05, 0) is 60.2 Å². The summed E-state index contributed by atoms with van der Waals surface area (Å²) in [6.07, 6.45) is 4.30. The fourth-order valence-corrected chi connectivity index (χ4v) is 4.93. The molecule has 0 aliphatic rings. The number of carbonyl (C=O) groups excluding carboxylic acids is 4. The van der Waals surface area contributed by atoms with Crippen LogP contribution in [0.4, 0.5) is 0 Å². The van der Waals surface area contributed by atoms with Gasteiger partial charge in [0.2, 0.25) is 17.7 Å². The molecule has 0 fully saturated rings. The van der Waals surface area contributed by atoms with Crippen molar-refractivity contribution in [1.29, 1.82) is 0 Å². The van der Waals surface area contributed by atoms with Crippen LogP contribution in [-0.4, -0.2) is 96.5 Å². The maximum atomic E-state index is 13.0. The van der Waals surface area contributed by atoms with Crippen molar-refractivity contribution in [3.05, 3.63) is 12.2 Å². The summed E-state index contributed by atoms with van der Waals surface area (Å²) in [6, 6.07) is -2.51. The molecule has 0 aromatic heterocycles. The number of carboxylic acids is 1. The van der Waals surface area contributed by atoms with E-state index in [9.17, 15) is 34.2 Å². The Hall–Kier alpha value is -2.44. The standard InChI is InChI=1S/C28H53N6O7P/c1-18(2)20(16-35)14-31-22(11-7-9-13-30)28(41)42-17-24(37)34-25(19(3)4)26(38)32-15-23(36)33-21(27(39)40)10-6-5-8-12-29/h19-22,25,31,35,42H,1,5-17,29-30H2,2-4H3,(H,32,38)(H,33,36)(H,34,37)(H,39,40). The average Bonchev–Trinajstić information content (AvgIpc) is 2.93. The molecule has 3 amide bonds. The molecule has 0 aromatic rings. The molecule has 10 N–H and O–H groups in total. The Labute approximate surface area is 251 Å². The molecule has 0 saturated heterocycles.